The first-order valence-corrected chi connectivity index (χ1v) is 6.08. The topological polar surface area (TPSA) is 103 Å². The first-order valence-electron chi connectivity index (χ1n) is 5.29. The molecule has 0 saturated carbocycles. The van der Waals surface area contributed by atoms with E-state index in [9.17, 15) is 4.79 Å². The standard InChI is InChI=1S/C11H11BrN4O3/c1-18-5-6-7(12)3-2-4-8(6)14-11(17)9-10(13)16-19-15-9/h2-4H,5H2,1H3,(H2,13,16)(H,14,17). The van der Waals surface area contributed by atoms with Crippen LogP contribution in [0.2, 0.25) is 0 Å². The Morgan fingerprint density at radius 2 is 2.32 bits per heavy atom. The molecule has 7 nitrogen and oxygen atoms in total. The normalized spacial score (nSPS) is 10.4. The zero-order valence-corrected chi connectivity index (χ0v) is 11.6. The van der Waals surface area contributed by atoms with Gasteiger partial charge in [-0.25, -0.2) is 4.63 Å². The van der Waals surface area contributed by atoms with E-state index in [1.165, 1.54) is 0 Å². The van der Waals surface area contributed by atoms with Crippen LogP contribution >= 0.6 is 15.9 Å². The second kappa shape index (κ2) is 5.81. The maximum atomic E-state index is 12.0. The molecule has 0 aliphatic heterocycles. The fourth-order valence-electron chi connectivity index (χ4n) is 1.50. The molecule has 0 bridgehead atoms. The third-order valence-electron chi connectivity index (χ3n) is 2.38. The molecule has 0 radical (unpaired) electrons. The van der Waals surface area contributed by atoms with Gasteiger partial charge in [0.05, 0.1) is 6.61 Å². The van der Waals surface area contributed by atoms with E-state index in [0.717, 1.165) is 10.0 Å². The van der Waals surface area contributed by atoms with Crippen molar-refractivity contribution >= 4 is 33.3 Å². The molecule has 1 heterocycles. The van der Waals surface area contributed by atoms with Gasteiger partial charge in [0, 0.05) is 22.8 Å². The number of nitrogen functional groups attached to an aromatic ring is 1. The molecule has 19 heavy (non-hydrogen) atoms. The number of hydrogen-bond donors (Lipinski definition) is 2. The van der Waals surface area contributed by atoms with Crippen LogP contribution in [-0.2, 0) is 11.3 Å². The van der Waals surface area contributed by atoms with E-state index in [2.05, 4.69) is 36.2 Å². The summed E-state index contributed by atoms with van der Waals surface area (Å²) in [4.78, 5) is 12.0. The van der Waals surface area contributed by atoms with E-state index in [1.807, 2.05) is 6.07 Å². The summed E-state index contributed by atoms with van der Waals surface area (Å²) in [7, 11) is 1.57. The van der Waals surface area contributed by atoms with Gasteiger partial charge in [-0.3, -0.25) is 4.79 Å². The Balaban J connectivity index is 2.26. The van der Waals surface area contributed by atoms with E-state index >= 15 is 0 Å². The highest BCUT2D eigenvalue weighted by Gasteiger charge is 2.17. The molecule has 1 aromatic heterocycles. The molecule has 100 valence electrons. The van der Waals surface area contributed by atoms with Gasteiger partial charge in [-0.05, 0) is 22.4 Å². The molecular weight excluding hydrogens is 316 g/mol. The van der Waals surface area contributed by atoms with Crippen molar-refractivity contribution in [2.75, 3.05) is 18.2 Å². The van der Waals surface area contributed by atoms with Crippen LogP contribution in [0.5, 0.6) is 0 Å². The number of amides is 1. The molecule has 8 heteroatoms. The summed E-state index contributed by atoms with van der Waals surface area (Å²) in [6.45, 7) is 0.351. The minimum Gasteiger partial charge on any atom is -0.380 e. The summed E-state index contributed by atoms with van der Waals surface area (Å²) in [6.07, 6.45) is 0. The Labute approximate surface area is 117 Å². The minimum absolute atomic E-state index is 0.0525. The number of nitrogens with two attached hydrogens (primary N) is 1. The van der Waals surface area contributed by atoms with E-state index in [0.29, 0.717) is 12.3 Å². The SMILES string of the molecule is COCc1c(Br)cccc1NC(=O)c1nonc1N. The van der Waals surface area contributed by atoms with Crippen LogP contribution in [0.3, 0.4) is 0 Å². The monoisotopic (exact) mass is 326 g/mol. The predicted octanol–water partition coefficient (Wildman–Crippen LogP) is 1.81. The van der Waals surface area contributed by atoms with Crippen molar-refractivity contribution in [1.29, 1.82) is 0 Å². The van der Waals surface area contributed by atoms with Gasteiger partial charge >= 0.3 is 0 Å². The second-order valence-corrected chi connectivity index (χ2v) is 4.51. The Hall–Kier alpha value is -1.93. The van der Waals surface area contributed by atoms with Crippen molar-refractivity contribution in [3.63, 3.8) is 0 Å². The lowest BCUT2D eigenvalue weighted by molar-refractivity contribution is 0.101. The van der Waals surface area contributed by atoms with Crippen LogP contribution in [0.25, 0.3) is 0 Å². The molecule has 0 spiro atoms. The lowest BCUT2D eigenvalue weighted by Gasteiger charge is -2.11. The number of rotatable bonds is 4. The molecule has 2 aromatic rings. The molecule has 0 aliphatic carbocycles. The Kier molecular flexibility index (Phi) is 4.13. The van der Waals surface area contributed by atoms with Crippen LogP contribution in [0.4, 0.5) is 11.5 Å². The maximum absolute atomic E-state index is 12.0. The number of hydrogen-bond acceptors (Lipinski definition) is 6. The first kappa shape index (κ1) is 13.5. The molecule has 0 fully saturated rings. The molecule has 2 rings (SSSR count). The fourth-order valence-corrected chi connectivity index (χ4v) is 1.98. The van der Waals surface area contributed by atoms with Crippen LogP contribution in [0, 0.1) is 0 Å². The predicted molar refractivity (Wildman–Crippen MR) is 71.5 cm³/mol. The van der Waals surface area contributed by atoms with E-state index < -0.39 is 5.91 Å². The fraction of sp³-hybridized carbons (Fsp3) is 0.182. The minimum atomic E-state index is -0.491. The van der Waals surface area contributed by atoms with E-state index in [1.54, 1.807) is 19.2 Å². The number of nitrogens with one attached hydrogen (secondary N) is 1. The third kappa shape index (κ3) is 2.91. The van der Waals surface area contributed by atoms with Crippen molar-refractivity contribution in [2.45, 2.75) is 6.61 Å². The summed E-state index contributed by atoms with van der Waals surface area (Å²) >= 11 is 3.40. The van der Waals surface area contributed by atoms with Crippen molar-refractivity contribution in [2.24, 2.45) is 0 Å². The highest BCUT2D eigenvalue weighted by molar-refractivity contribution is 9.10. The van der Waals surface area contributed by atoms with Gasteiger partial charge in [0.2, 0.25) is 11.5 Å². The van der Waals surface area contributed by atoms with Gasteiger partial charge in [-0.1, -0.05) is 22.0 Å². The van der Waals surface area contributed by atoms with Crippen LogP contribution in [-0.4, -0.2) is 23.3 Å². The van der Waals surface area contributed by atoms with Gasteiger partial charge in [-0.2, -0.15) is 0 Å². The number of ether oxygens (including phenoxy) is 1. The van der Waals surface area contributed by atoms with Crippen LogP contribution in [0.15, 0.2) is 27.3 Å². The van der Waals surface area contributed by atoms with Gasteiger partial charge in [0.25, 0.3) is 5.91 Å². The summed E-state index contributed by atoms with van der Waals surface area (Å²) in [6, 6.07) is 5.40. The molecule has 1 aromatic carbocycles. The Morgan fingerprint density at radius 3 is 2.95 bits per heavy atom. The van der Waals surface area contributed by atoms with Crippen molar-refractivity contribution < 1.29 is 14.2 Å². The number of aromatic nitrogens is 2. The molecule has 3 N–H and O–H groups in total. The summed E-state index contributed by atoms with van der Waals surface area (Å²) < 4.78 is 10.3. The Bertz CT molecular complexity index is 599. The van der Waals surface area contributed by atoms with Crippen molar-refractivity contribution in [1.82, 2.24) is 10.3 Å². The highest BCUT2D eigenvalue weighted by atomic mass is 79.9. The lowest BCUT2D eigenvalue weighted by atomic mass is 10.2. The van der Waals surface area contributed by atoms with Crippen molar-refractivity contribution in [3.8, 4) is 0 Å². The molecule has 0 unspecified atom stereocenters. The number of anilines is 2. The Morgan fingerprint density at radius 1 is 1.53 bits per heavy atom. The summed E-state index contributed by atoms with van der Waals surface area (Å²) in [5, 5.41) is 9.48. The van der Waals surface area contributed by atoms with Crippen LogP contribution in [0.1, 0.15) is 16.1 Å². The number of methoxy groups -OCH3 is 1. The first-order chi connectivity index (χ1) is 9.13. The van der Waals surface area contributed by atoms with E-state index in [-0.39, 0.29) is 11.5 Å². The quantitative estimate of drug-likeness (QED) is 0.888. The lowest BCUT2D eigenvalue weighted by Crippen LogP contribution is -2.15. The summed E-state index contributed by atoms with van der Waals surface area (Å²) in [5.41, 5.74) is 6.82. The van der Waals surface area contributed by atoms with Gasteiger partial charge in [0.1, 0.15) is 0 Å². The molecule has 1 amide bonds. The number of carbonyl (C=O) groups is 1. The highest BCUT2D eigenvalue weighted by Crippen LogP contribution is 2.26. The smallest absolute Gasteiger partial charge is 0.281 e. The number of carbonyl (C=O) groups excluding carboxylic acids is 1. The van der Waals surface area contributed by atoms with Gasteiger partial charge < -0.3 is 15.8 Å². The van der Waals surface area contributed by atoms with Gasteiger partial charge in [0.15, 0.2) is 0 Å². The molecule has 0 atom stereocenters. The number of halogens is 1. The number of benzene rings is 1. The maximum Gasteiger partial charge on any atom is 0.281 e. The van der Waals surface area contributed by atoms with Crippen LogP contribution < -0.4 is 11.1 Å². The average molecular weight is 327 g/mol. The third-order valence-corrected chi connectivity index (χ3v) is 3.13. The second-order valence-electron chi connectivity index (χ2n) is 3.65. The zero-order chi connectivity index (χ0) is 13.8. The average Bonchev–Trinajstić information content (AvgIpc) is 2.80. The zero-order valence-electron chi connectivity index (χ0n) is 10.0. The van der Waals surface area contributed by atoms with E-state index in [4.69, 9.17) is 10.5 Å². The largest absolute Gasteiger partial charge is 0.380 e. The summed E-state index contributed by atoms with van der Waals surface area (Å²) in [5.74, 6) is -0.546. The number of nitrogens with zero attached hydrogens (tertiary/aromatic N) is 2. The molecular formula is C11H11BrN4O3. The molecule has 0 aliphatic rings. The van der Waals surface area contributed by atoms with Gasteiger partial charge in [-0.15, -0.1) is 0 Å². The van der Waals surface area contributed by atoms with Crippen molar-refractivity contribution in [3.05, 3.63) is 33.9 Å². The molecule has 0 saturated heterocycles.